The molecule has 1 unspecified atom stereocenters. The Hall–Kier alpha value is -2.32. The van der Waals surface area contributed by atoms with Crippen LogP contribution in [0.25, 0.3) is 0 Å². The van der Waals surface area contributed by atoms with Gasteiger partial charge in [0.2, 0.25) is 0 Å². The molecule has 0 saturated carbocycles. The van der Waals surface area contributed by atoms with Crippen LogP contribution in [0.1, 0.15) is 38.2 Å². The summed E-state index contributed by atoms with van der Waals surface area (Å²) in [5.74, 6) is 1.05. The maximum atomic E-state index is 10.9. The fraction of sp³-hybridized carbons (Fsp3) is 0.636. The van der Waals surface area contributed by atoms with Crippen LogP contribution in [0.3, 0.4) is 0 Å². The Bertz CT molecular complexity index is 698. The second-order valence-electron chi connectivity index (χ2n) is 7.73. The highest BCUT2D eigenvalue weighted by Crippen LogP contribution is 2.18. The van der Waals surface area contributed by atoms with Crippen LogP contribution in [-0.2, 0) is 20.8 Å². The Labute approximate surface area is 178 Å². The van der Waals surface area contributed by atoms with Gasteiger partial charge in [0.1, 0.15) is 5.75 Å². The predicted molar refractivity (Wildman–Crippen MR) is 115 cm³/mol. The number of nitrogens with one attached hydrogen (secondary N) is 1. The van der Waals surface area contributed by atoms with E-state index < -0.39 is 5.91 Å². The lowest BCUT2D eigenvalue weighted by Crippen LogP contribution is -2.47. The molecule has 2 aliphatic rings. The van der Waals surface area contributed by atoms with Gasteiger partial charge in [0.25, 0.3) is 5.91 Å². The average molecular weight is 419 g/mol. The zero-order valence-corrected chi connectivity index (χ0v) is 17.8. The zero-order chi connectivity index (χ0) is 21.2. The van der Waals surface area contributed by atoms with E-state index in [0.717, 1.165) is 63.4 Å². The van der Waals surface area contributed by atoms with Crippen LogP contribution in [0.2, 0.25) is 0 Å². The van der Waals surface area contributed by atoms with Crippen LogP contribution in [0.4, 0.5) is 0 Å². The zero-order valence-electron chi connectivity index (χ0n) is 17.8. The first-order valence-corrected chi connectivity index (χ1v) is 10.9. The molecule has 3 rings (SSSR count). The SMILES string of the molecule is CCNC(=NCc1cccc(OCC(N)=O)c1)N1CCC(OCC2CCCO2)CC1. The minimum absolute atomic E-state index is 0.126. The number of benzene rings is 1. The van der Waals surface area contributed by atoms with E-state index in [4.69, 9.17) is 24.9 Å². The molecule has 1 atom stereocenters. The van der Waals surface area contributed by atoms with Crippen LogP contribution in [0.15, 0.2) is 29.3 Å². The molecule has 2 saturated heterocycles. The van der Waals surface area contributed by atoms with Gasteiger partial charge in [0.15, 0.2) is 12.6 Å². The summed E-state index contributed by atoms with van der Waals surface area (Å²) in [6.07, 6.45) is 4.83. The summed E-state index contributed by atoms with van der Waals surface area (Å²) in [6, 6.07) is 7.59. The first-order chi connectivity index (χ1) is 14.6. The Morgan fingerprint density at radius 1 is 1.33 bits per heavy atom. The molecule has 1 aromatic carbocycles. The third-order valence-corrected chi connectivity index (χ3v) is 5.31. The standard InChI is InChI=1S/C22H34N4O4/c1-2-24-22(25-14-17-5-3-6-19(13-17)30-16-21(23)27)26-10-8-18(9-11-26)29-15-20-7-4-12-28-20/h3,5-6,13,18,20H,2,4,7-12,14-16H2,1H3,(H2,23,27)(H,24,25). The highest BCUT2D eigenvalue weighted by Gasteiger charge is 2.24. The van der Waals surface area contributed by atoms with E-state index in [9.17, 15) is 4.79 Å². The molecule has 0 aromatic heterocycles. The third kappa shape index (κ3) is 7.18. The molecule has 2 aliphatic heterocycles. The van der Waals surface area contributed by atoms with Gasteiger partial charge >= 0.3 is 0 Å². The number of carbonyl (C=O) groups excluding carboxylic acids is 1. The van der Waals surface area contributed by atoms with Gasteiger partial charge in [0, 0.05) is 26.2 Å². The van der Waals surface area contributed by atoms with Gasteiger partial charge in [-0.25, -0.2) is 4.99 Å². The lowest BCUT2D eigenvalue weighted by Gasteiger charge is -2.34. The first kappa shape index (κ1) is 22.4. The van der Waals surface area contributed by atoms with Crippen LogP contribution in [0.5, 0.6) is 5.75 Å². The average Bonchev–Trinajstić information content (AvgIpc) is 3.28. The number of aliphatic imine (C=N–C) groups is 1. The number of hydrogen-bond donors (Lipinski definition) is 2. The number of piperidine rings is 1. The second kappa shape index (κ2) is 11.8. The Morgan fingerprint density at radius 2 is 2.17 bits per heavy atom. The van der Waals surface area contributed by atoms with Crippen molar-refractivity contribution in [2.75, 3.05) is 39.5 Å². The molecule has 0 spiro atoms. The van der Waals surface area contributed by atoms with Crippen molar-refractivity contribution in [1.82, 2.24) is 10.2 Å². The number of nitrogens with two attached hydrogens (primary N) is 1. The van der Waals surface area contributed by atoms with Crippen molar-refractivity contribution in [3.8, 4) is 5.75 Å². The summed E-state index contributed by atoms with van der Waals surface area (Å²) in [7, 11) is 0. The number of likely N-dealkylation sites (tertiary alicyclic amines) is 1. The molecule has 2 fully saturated rings. The number of ether oxygens (including phenoxy) is 3. The summed E-state index contributed by atoms with van der Waals surface area (Å²) in [4.78, 5) is 18.0. The number of nitrogens with zero attached hydrogens (tertiary/aromatic N) is 2. The Morgan fingerprint density at radius 3 is 2.87 bits per heavy atom. The molecule has 8 heteroatoms. The smallest absolute Gasteiger partial charge is 0.255 e. The van der Waals surface area contributed by atoms with Gasteiger partial charge in [0.05, 0.1) is 25.4 Å². The second-order valence-corrected chi connectivity index (χ2v) is 7.73. The molecule has 0 bridgehead atoms. The molecule has 0 radical (unpaired) electrons. The van der Waals surface area contributed by atoms with Gasteiger partial charge in [-0.3, -0.25) is 4.79 Å². The van der Waals surface area contributed by atoms with E-state index in [0.29, 0.717) is 25.0 Å². The molecule has 2 heterocycles. The van der Waals surface area contributed by atoms with Crippen molar-refractivity contribution < 1.29 is 19.0 Å². The van der Waals surface area contributed by atoms with E-state index in [1.54, 1.807) is 0 Å². The topological polar surface area (TPSA) is 98.4 Å². The minimum atomic E-state index is -0.490. The largest absolute Gasteiger partial charge is 0.484 e. The third-order valence-electron chi connectivity index (χ3n) is 5.31. The number of guanidine groups is 1. The number of carbonyl (C=O) groups is 1. The maximum absolute atomic E-state index is 10.9. The van der Waals surface area contributed by atoms with Crippen LogP contribution in [0, 0.1) is 0 Å². The van der Waals surface area contributed by atoms with E-state index >= 15 is 0 Å². The van der Waals surface area contributed by atoms with Crippen molar-refractivity contribution in [3.63, 3.8) is 0 Å². The van der Waals surface area contributed by atoms with Gasteiger partial charge in [-0.2, -0.15) is 0 Å². The van der Waals surface area contributed by atoms with Crippen LogP contribution in [-0.4, -0.2) is 68.4 Å². The van der Waals surface area contributed by atoms with Crippen molar-refractivity contribution in [1.29, 1.82) is 0 Å². The number of hydrogen-bond acceptors (Lipinski definition) is 5. The van der Waals surface area contributed by atoms with Gasteiger partial charge in [-0.1, -0.05) is 12.1 Å². The van der Waals surface area contributed by atoms with E-state index in [1.807, 2.05) is 24.3 Å². The molecule has 3 N–H and O–H groups in total. The van der Waals surface area contributed by atoms with Gasteiger partial charge < -0.3 is 30.2 Å². The molecular formula is C22H34N4O4. The normalized spacial score (nSPS) is 20.4. The summed E-state index contributed by atoms with van der Waals surface area (Å²) in [5, 5.41) is 3.39. The number of rotatable bonds is 9. The molecule has 0 aliphatic carbocycles. The minimum Gasteiger partial charge on any atom is -0.484 e. The van der Waals surface area contributed by atoms with E-state index in [2.05, 4.69) is 17.1 Å². The Balaban J connectivity index is 1.49. The Kier molecular flexibility index (Phi) is 8.77. The highest BCUT2D eigenvalue weighted by atomic mass is 16.5. The molecule has 8 nitrogen and oxygen atoms in total. The molecule has 30 heavy (non-hydrogen) atoms. The lowest BCUT2D eigenvalue weighted by atomic mass is 10.1. The quantitative estimate of drug-likeness (QED) is 0.468. The molecule has 1 amide bonds. The molecule has 166 valence electrons. The van der Waals surface area contributed by atoms with E-state index in [-0.39, 0.29) is 12.7 Å². The maximum Gasteiger partial charge on any atom is 0.255 e. The summed E-state index contributed by atoms with van der Waals surface area (Å²) in [6.45, 7) is 6.72. The van der Waals surface area contributed by atoms with E-state index in [1.165, 1.54) is 0 Å². The molecule has 1 aromatic rings. The van der Waals surface area contributed by atoms with Gasteiger partial charge in [-0.15, -0.1) is 0 Å². The van der Waals surface area contributed by atoms with Crippen molar-refractivity contribution >= 4 is 11.9 Å². The van der Waals surface area contributed by atoms with Crippen LogP contribution < -0.4 is 15.8 Å². The van der Waals surface area contributed by atoms with Crippen LogP contribution >= 0.6 is 0 Å². The van der Waals surface area contributed by atoms with Crippen molar-refractivity contribution in [2.24, 2.45) is 10.7 Å². The highest BCUT2D eigenvalue weighted by molar-refractivity contribution is 5.80. The van der Waals surface area contributed by atoms with Crippen molar-refractivity contribution in [2.45, 2.75) is 51.4 Å². The lowest BCUT2D eigenvalue weighted by molar-refractivity contribution is -0.119. The van der Waals surface area contributed by atoms with Gasteiger partial charge in [-0.05, 0) is 50.3 Å². The summed E-state index contributed by atoms with van der Waals surface area (Å²) < 4.78 is 17.1. The summed E-state index contributed by atoms with van der Waals surface area (Å²) in [5.41, 5.74) is 6.15. The fourth-order valence-electron chi connectivity index (χ4n) is 3.73. The van der Waals surface area contributed by atoms with Crippen molar-refractivity contribution in [3.05, 3.63) is 29.8 Å². The number of amides is 1. The fourth-order valence-corrected chi connectivity index (χ4v) is 3.73. The number of primary amides is 1. The first-order valence-electron chi connectivity index (χ1n) is 10.9. The molecular weight excluding hydrogens is 384 g/mol. The predicted octanol–water partition coefficient (Wildman–Crippen LogP) is 1.68. The summed E-state index contributed by atoms with van der Waals surface area (Å²) >= 11 is 0. The monoisotopic (exact) mass is 418 g/mol.